The smallest absolute Gasteiger partial charge is 0.138 e. The number of rotatable bonds is 3. The van der Waals surface area contributed by atoms with Crippen molar-refractivity contribution < 1.29 is 23.7 Å². The van der Waals surface area contributed by atoms with Gasteiger partial charge in [-0.2, -0.15) is 0 Å². The molecule has 2 aromatic carbocycles. The van der Waals surface area contributed by atoms with E-state index in [2.05, 4.69) is 0 Å². The molecule has 5 heteroatoms. The van der Waals surface area contributed by atoms with Gasteiger partial charge in [0, 0.05) is 29.5 Å². The van der Waals surface area contributed by atoms with E-state index in [0.29, 0.717) is 17.9 Å². The van der Waals surface area contributed by atoms with Crippen LogP contribution in [0.4, 0.5) is 0 Å². The van der Waals surface area contributed by atoms with Gasteiger partial charge in [-0.1, -0.05) is 0 Å². The zero-order chi connectivity index (χ0) is 18.5. The molecule has 2 heterocycles. The Morgan fingerprint density at radius 1 is 1.00 bits per heavy atom. The number of hydrogen-bond acceptors (Lipinski definition) is 5. The minimum atomic E-state index is -0.615. The van der Waals surface area contributed by atoms with Gasteiger partial charge >= 0.3 is 0 Å². The van der Waals surface area contributed by atoms with E-state index in [1.54, 1.807) is 14.2 Å². The maximum atomic E-state index is 10.3. The molecule has 0 amide bonds. The summed E-state index contributed by atoms with van der Waals surface area (Å²) >= 11 is 0. The van der Waals surface area contributed by atoms with Crippen LogP contribution < -0.4 is 14.2 Å². The van der Waals surface area contributed by atoms with Crippen molar-refractivity contribution in [2.75, 3.05) is 14.2 Å². The second kappa shape index (κ2) is 5.95. The molecule has 1 N–H and O–H groups in total. The lowest BCUT2D eigenvalue weighted by Gasteiger charge is -2.36. The van der Waals surface area contributed by atoms with Crippen molar-refractivity contribution in [2.24, 2.45) is 0 Å². The highest BCUT2D eigenvalue weighted by atomic mass is 16.5. The van der Waals surface area contributed by atoms with Crippen molar-refractivity contribution in [3.05, 3.63) is 42.0 Å². The zero-order valence-electron chi connectivity index (χ0n) is 15.3. The van der Waals surface area contributed by atoms with Gasteiger partial charge in [-0.05, 0) is 43.7 Å². The number of aliphatic hydroxyl groups is 1. The van der Waals surface area contributed by atoms with E-state index in [-0.39, 0.29) is 0 Å². The van der Waals surface area contributed by atoms with Gasteiger partial charge in [-0.3, -0.25) is 0 Å². The molecule has 1 aliphatic rings. The third-order valence-electron chi connectivity index (χ3n) is 4.92. The van der Waals surface area contributed by atoms with Gasteiger partial charge in [-0.25, -0.2) is 0 Å². The maximum Gasteiger partial charge on any atom is 0.138 e. The molecule has 1 atom stereocenters. The summed E-state index contributed by atoms with van der Waals surface area (Å²) in [5.41, 5.74) is 1.99. The van der Waals surface area contributed by atoms with Crippen LogP contribution in [0, 0.1) is 0 Å². The van der Waals surface area contributed by atoms with Gasteiger partial charge in [0.15, 0.2) is 0 Å². The molecule has 1 aliphatic heterocycles. The summed E-state index contributed by atoms with van der Waals surface area (Å²) in [6.45, 7) is 3.78. The second-order valence-electron chi connectivity index (χ2n) is 7.14. The van der Waals surface area contributed by atoms with Crippen molar-refractivity contribution in [3.8, 4) is 28.6 Å². The molecule has 0 fully saturated rings. The topological polar surface area (TPSA) is 61.1 Å². The van der Waals surface area contributed by atoms with Crippen molar-refractivity contribution in [1.29, 1.82) is 0 Å². The lowest BCUT2D eigenvalue weighted by Crippen LogP contribution is -2.46. The first-order valence-corrected chi connectivity index (χ1v) is 8.56. The SMILES string of the molecule is COc1cc(OC)cc(-c2cc3cc4c(cc3o2)OC(C)(C)C(O)C4)c1. The Kier molecular flexibility index (Phi) is 3.84. The van der Waals surface area contributed by atoms with Gasteiger partial charge in [0.25, 0.3) is 0 Å². The summed E-state index contributed by atoms with van der Waals surface area (Å²) in [7, 11) is 3.24. The number of ether oxygens (including phenoxy) is 3. The molecule has 3 aromatic rings. The summed E-state index contributed by atoms with van der Waals surface area (Å²) < 4.78 is 22.7. The first-order valence-electron chi connectivity index (χ1n) is 8.56. The molecule has 1 aromatic heterocycles. The van der Waals surface area contributed by atoms with Gasteiger partial charge in [0.05, 0.1) is 20.3 Å². The van der Waals surface area contributed by atoms with Gasteiger partial charge in [-0.15, -0.1) is 0 Å². The van der Waals surface area contributed by atoms with Crippen LogP contribution in [0.3, 0.4) is 0 Å². The summed E-state index contributed by atoms with van der Waals surface area (Å²) in [5, 5.41) is 11.2. The fourth-order valence-corrected chi connectivity index (χ4v) is 3.27. The normalized spacial score (nSPS) is 18.3. The Morgan fingerprint density at radius 3 is 2.35 bits per heavy atom. The minimum absolute atomic E-state index is 0.540. The minimum Gasteiger partial charge on any atom is -0.497 e. The first kappa shape index (κ1) is 16.8. The van der Waals surface area contributed by atoms with E-state index in [1.165, 1.54) is 0 Å². The van der Waals surface area contributed by atoms with Gasteiger partial charge in [0.2, 0.25) is 0 Å². The van der Waals surface area contributed by atoms with Crippen LogP contribution in [0.5, 0.6) is 17.2 Å². The van der Waals surface area contributed by atoms with Crippen LogP contribution in [-0.4, -0.2) is 31.0 Å². The molecule has 0 bridgehead atoms. The Bertz CT molecular complexity index is 948. The van der Waals surface area contributed by atoms with Crippen molar-refractivity contribution >= 4 is 11.0 Å². The van der Waals surface area contributed by atoms with E-state index in [0.717, 1.165) is 33.6 Å². The number of aliphatic hydroxyl groups excluding tert-OH is 1. The Morgan fingerprint density at radius 2 is 1.69 bits per heavy atom. The van der Waals surface area contributed by atoms with Crippen LogP contribution in [0.15, 0.2) is 40.8 Å². The molecular weight excluding hydrogens is 332 g/mol. The molecule has 0 radical (unpaired) electrons. The molecule has 0 saturated heterocycles. The molecule has 136 valence electrons. The Hall–Kier alpha value is -2.66. The summed E-state index contributed by atoms with van der Waals surface area (Å²) in [6.07, 6.45) is 0.0210. The first-order chi connectivity index (χ1) is 12.4. The van der Waals surface area contributed by atoms with E-state index in [4.69, 9.17) is 18.6 Å². The summed E-state index contributed by atoms with van der Waals surface area (Å²) in [4.78, 5) is 0. The summed E-state index contributed by atoms with van der Waals surface area (Å²) in [6, 6.07) is 11.5. The second-order valence-corrected chi connectivity index (χ2v) is 7.14. The summed E-state index contributed by atoms with van der Waals surface area (Å²) in [5.74, 6) is 2.89. The predicted octanol–water partition coefficient (Wildman–Crippen LogP) is 4.19. The van der Waals surface area contributed by atoms with Crippen LogP contribution in [0.2, 0.25) is 0 Å². The number of fused-ring (bicyclic) bond motifs is 2. The maximum absolute atomic E-state index is 10.3. The van der Waals surface area contributed by atoms with Gasteiger partial charge in [0.1, 0.15) is 34.2 Å². The average molecular weight is 354 g/mol. The Balaban J connectivity index is 1.80. The largest absolute Gasteiger partial charge is 0.497 e. The molecule has 26 heavy (non-hydrogen) atoms. The van der Waals surface area contributed by atoms with Crippen LogP contribution in [0.25, 0.3) is 22.3 Å². The molecule has 4 rings (SSSR count). The number of furan rings is 1. The van der Waals surface area contributed by atoms with E-state index < -0.39 is 11.7 Å². The van der Waals surface area contributed by atoms with E-state index in [1.807, 2.05) is 50.2 Å². The number of hydrogen-bond donors (Lipinski definition) is 1. The highest BCUT2D eigenvalue weighted by Gasteiger charge is 2.36. The highest BCUT2D eigenvalue weighted by Crippen LogP contribution is 2.39. The van der Waals surface area contributed by atoms with E-state index >= 15 is 0 Å². The van der Waals surface area contributed by atoms with E-state index in [9.17, 15) is 5.11 Å². The quantitative estimate of drug-likeness (QED) is 0.764. The van der Waals surface area contributed by atoms with Crippen LogP contribution in [0.1, 0.15) is 19.4 Å². The van der Waals surface area contributed by atoms with Crippen molar-refractivity contribution in [2.45, 2.75) is 32.0 Å². The zero-order valence-corrected chi connectivity index (χ0v) is 15.3. The molecule has 0 aliphatic carbocycles. The number of benzene rings is 2. The molecule has 1 unspecified atom stereocenters. The fraction of sp³-hybridized carbons (Fsp3) is 0.333. The lowest BCUT2D eigenvalue weighted by molar-refractivity contribution is -0.0410. The van der Waals surface area contributed by atoms with Crippen molar-refractivity contribution in [3.63, 3.8) is 0 Å². The molecule has 0 saturated carbocycles. The van der Waals surface area contributed by atoms with Crippen LogP contribution >= 0.6 is 0 Å². The fourth-order valence-electron chi connectivity index (χ4n) is 3.27. The average Bonchev–Trinajstić information content (AvgIpc) is 3.03. The predicted molar refractivity (Wildman–Crippen MR) is 99.2 cm³/mol. The standard InChI is InChI=1S/C21H22O5/c1-21(2)20(22)9-13-5-12-8-17(25-18(12)11-19(13)26-21)14-6-15(23-3)10-16(7-14)24-4/h5-8,10-11,20,22H,9H2,1-4H3. The Labute approximate surface area is 152 Å². The number of methoxy groups -OCH3 is 2. The third-order valence-corrected chi connectivity index (χ3v) is 4.92. The van der Waals surface area contributed by atoms with Gasteiger partial charge < -0.3 is 23.7 Å². The van der Waals surface area contributed by atoms with Crippen molar-refractivity contribution in [1.82, 2.24) is 0 Å². The molecule has 0 spiro atoms. The van der Waals surface area contributed by atoms with Crippen LogP contribution in [-0.2, 0) is 6.42 Å². The highest BCUT2D eigenvalue weighted by molar-refractivity contribution is 5.85. The third kappa shape index (κ3) is 2.78. The monoisotopic (exact) mass is 354 g/mol. The molecule has 5 nitrogen and oxygen atoms in total. The lowest BCUT2D eigenvalue weighted by atomic mass is 9.90. The molecular formula is C21H22O5.